The van der Waals surface area contributed by atoms with E-state index in [-0.39, 0.29) is 49.2 Å². The van der Waals surface area contributed by atoms with Crippen molar-refractivity contribution in [3.63, 3.8) is 0 Å². The molecule has 0 aliphatic heterocycles. The number of thiazole rings is 1. The maximum atomic E-state index is 13.0. The van der Waals surface area contributed by atoms with Gasteiger partial charge in [0.1, 0.15) is 11.8 Å². The molecule has 0 fully saturated rings. The van der Waals surface area contributed by atoms with Gasteiger partial charge in [-0.3, -0.25) is 9.20 Å². The van der Waals surface area contributed by atoms with E-state index in [1.165, 1.54) is 6.07 Å². The van der Waals surface area contributed by atoms with Crippen LogP contribution >= 0.6 is 11.3 Å². The van der Waals surface area contributed by atoms with Crippen LogP contribution in [-0.2, 0) is 6.42 Å². The Labute approximate surface area is 238 Å². The molecular weight excluding hydrogens is 698 g/mol. The van der Waals surface area contributed by atoms with Crippen LogP contribution < -0.4 is 10.1 Å². The van der Waals surface area contributed by atoms with Crippen LogP contribution in [0.3, 0.4) is 0 Å². The Morgan fingerprint density at radius 3 is 2.61 bits per heavy atom. The van der Waals surface area contributed by atoms with Gasteiger partial charge >= 0.3 is 0 Å². The number of imidazole rings is 1. The number of amides is 1. The fraction of sp³-hybridized carbons (Fsp3) is 0.296. The van der Waals surface area contributed by atoms with Gasteiger partial charge in [0.15, 0.2) is 4.96 Å². The van der Waals surface area contributed by atoms with Crippen molar-refractivity contribution < 1.29 is 45.8 Å². The number of benzene rings is 2. The second-order valence-electron chi connectivity index (χ2n) is 8.86. The Morgan fingerprint density at radius 1 is 1.22 bits per heavy atom. The molecule has 0 bridgehead atoms. The first kappa shape index (κ1) is 28.0. The molecule has 2 aromatic heterocycles. The second kappa shape index (κ2) is 12.6. The van der Waals surface area contributed by atoms with Crippen molar-refractivity contribution >= 4 is 22.2 Å². The number of aliphatic hydroxyl groups excluding tert-OH is 1. The van der Waals surface area contributed by atoms with Crippen molar-refractivity contribution in [1.82, 2.24) is 14.7 Å². The molecule has 0 aliphatic carbocycles. The summed E-state index contributed by atoms with van der Waals surface area (Å²) < 4.78 is 7.65. The van der Waals surface area contributed by atoms with Crippen molar-refractivity contribution in [3.8, 4) is 23.1 Å². The molecule has 7 nitrogen and oxygen atoms in total. The fourth-order valence-electron chi connectivity index (χ4n) is 3.95. The molecule has 1 unspecified atom stereocenters. The molecule has 2 atom stereocenters. The molecule has 9 heteroatoms. The van der Waals surface area contributed by atoms with Crippen molar-refractivity contribution in [2.45, 2.75) is 51.9 Å². The van der Waals surface area contributed by atoms with E-state index in [1.54, 1.807) is 30.4 Å². The van der Waals surface area contributed by atoms with Crippen LogP contribution in [-0.4, -0.2) is 38.6 Å². The summed E-state index contributed by atoms with van der Waals surface area (Å²) in [5.41, 5.74) is 3.67. The summed E-state index contributed by atoms with van der Waals surface area (Å²) in [4.78, 5) is 18.6. The molecule has 0 aliphatic rings. The predicted octanol–water partition coefficient (Wildman–Crippen LogP) is 4.83. The van der Waals surface area contributed by atoms with E-state index >= 15 is 0 Å². The number of fused-ring (bicyclic) bond motifs is 1. The van der Waals surface area contributed by atoms with Crippen LogP contribution in [0.5, 0.6) is 5.75 Å². The van der Waals surface area contributed by atoms with Gasteiger partial charge in [0.2, 0.25) is 0 Å². The number of nitriles is 1. The summed E-state index contributed by atoms with van der Waals surface area (Å²) in [6.45, 7) is 5.47. The number of hydrogen-bond acceptors (Lipinski definition) is 6. The molecule has 2 aromatic carbocycles. The second-order valence-corrected chi connectivity index (χ2v) is 9.74. The first-order valence-corrected chi connectivity index (χ1v) is 12.4. The summed E-state index contributed by atoms with van der Waals surface area (Å²) in [6, 6.07) is 14.8. The number of aliphatic hydroxyl groups is 1. The molecule has 2 heterocycles. The third-order valence-electron chi connectivity index (χ3n) is 5.51. The number of carbonyl (C=O) groups is 1. The van der Waals surface area contributed by atoms with Crippen molar-refractivity contribution in [2.24, 2.45) is 0 Å². The standard InChI is InChI=1S/C27H28N4O3S.U/c1-17(2)34-25-9-8-21(14-22(25)15-28)26(33)29-23(12-18(3)32)13-19-4-6-20(7-5-19)24-16-31-10-11-35-27(31)30-24;/h4-11,14,16-18,23,32H,12-13H2,1-3H3,(H,29,33);/t18?,23-;/m1./s1. The van der Waals surface area contributed by atoms with E-state index in [2.05, 4.69) is 16.4 Å². The van der Waals surface area contributed by atoms with Crippen molar-refractivity contribution in [2.75, 3.05) is 0 Å². The first-order valence-electron chi connectivity index (χ1n) is 11.5. The SMILES string of the molecule is CC(O)C[C@H](Cc1ccc(-c2cn3ccsc3n2)cc1)NC(=O)c1ccc(OC(C)C)c(C#N)c1.[U]. The van der Waals surface area contributed by atoms with E-state index in [9.17, 15) is 15.2 Å². The molecule has 0 saturated carbocycles. The van der Waals surface area contributed by atoms with Crippen molar-refractivity contribution in [3.05, 3.63) is 76.9 Å². The molecule has 2 N–H and O–H groups in total. The number of ether oxygens (including phenoxy) is 1. The normalized spacial score (nSPS) is 12.6. The summed E-state index contributed by atoms with van der Waals surface area (Å²) in [7, 11) is 0. The van der Waals surface area contributed by atoms with E-state index in [1.807, 2.05) is 60.3 Å². The van der Waals surface area contributed by atoms with E-state index < -0.39 is 6.10 Å². The van der Waals surface area contributed by atoms with Gasteiger partial charge in [-0.15, -0.1) is 11.3 Å². The third kappa shape index (κ3) is 6.99. The zero-order valence-electron chi connectivity index (χ0n) is 20.4. The van der Waals surface area contributed by atoms with E-state index in [0.29, 0.717) is 29.7 Å². The molecule has 184 valence electrons. The average Bonchev–Trinajstić information content (AvgIpc) is 3.41. The quantitative estimate of drug-likeness (QED) is 0.258. The maximum absolute atomic E-state index is 13.0. The summed E-state index contributed by atoms with van der Waals surface area (Å²) >= 11 is 1.59. The van der Waals surface area contributed by atoms with E-state index in [4.69, 9.17) is 4.74 Å². The van der Waals surface area contributed by atoms with Crippen LogP contribution in [0, 0.1) is 42.4 Å². The van der Waals surface area contributed by atoms with E-state index in [0.717, 1.165) is 21.8 Å². The number of aromatic nitrogens is 2. The summed E-state index contributed by atoms with van der Waals surface area (Å²) in [5.74, 6) is 0.162. The largest absolute Gasteiger partial charge is 0.490 e. The molecule has 4 aromatic rings. The topological polar surface area (TPSA) is 99.7 Å². The Morgan fingerprint density at radius 2 is 1.97 bits per heavy atom. The monoisotopic (exact) mass is 726 g/mol. The Hall–Kier alpha value is -2.62. The smallest absolute Gasteiger partial charge is 0.251 e. The molecular formula is C27H28N4O3SU. The zero-order valence-corrected chi connectivity index (χ0v) is 25.4. The van der Waals surface area contributed by atoms with Gasteiger partial charge in [-0.05, 0) is 57.4 Å². The molecule has 1 amide bonds. The minimum atomic E-state index is -0.574. The number of rotatable bonds is 9. The number of hydrogen-bond donors (Lipinski definition) is 2. The minimum Gasteiger partial charge on any atom is -0.490 e. The van der Waals surface area contributed by atoms with Gasteiger partial charge in [-0.1, -0.05) is 24.3 Å². The Balaban J connectivity index is 0.00000361. The predicted molar refractivity (Wildman–Crippen MR) is 137 cm³/mol. The average molecular weight is 727 g/mol. The first-order chi connectivity index (χ1) is 16.8. The minimum absolute atomic E-state index is 0. The zero-order chi connectivity index (χ0) is 24.9. The van der Waals surface area contributed by atoms with Crippen LogP contribution in [0.2, 0.25) is 0 Å². The van der Waals surface area contributed by atoms with Crippen LogP contribution in [0.15, 0.2) is 60.2 Å². The summed E-state index contributed by atoms with van der Waals surface area (Å²) in [5, 5.41) is 24.5. The molecule has 0 radical (unpaired) electrons. The number of nitrogens with one attached hydrogen (secondary N) is 1. The Kier molecular flexibility index (Phi) is 9.76. The van der Waals surface area contributed by atoms with Crippen LogP contribution in [0.4, 0.5) is 0 Å². The van der Waals surface area contributed by atoms with Gasteiger partial charge in [0.05, 0.1) is 23.5 Å². The van der Waals surface area contributed by atoms with Gasteiger partial charge < -0.3 is 15.2 Å². The maximum Gasteiger partial charge on any atom is 0.251 e. The number of carbonyl (C=O) groups excluding carboxylic acids is 1. The van der Waals surface area contributed by atoms with Gasteiger partial charge in [-0.2, -0.15) is 5.26 Å². The van der Waals surface area contributed by atoms with Gasteiger partial charge in [-0.25, -0.2) is 4.98 Å². The van der Waals surface area contributed by atoms with Gasteiger partial charge in [0.25, 0.3) is 5.91 Å². The van der Waals surface area contributed by atoms with Crippen molar-refractivity contribution in [1.29, 1.82) is 5.26 Å². The van der Waals surface area contributed by atoms with Crippen LogP contribution in [0.1, 0.15) is 48.7 Å². The number of nitrogens with zero attached hydrogens (tertiary/aromatic N) is 3. The Bertz CT molecular complexity index is 1330. The molecule has 0 saturated heterocycles. The fourth-order valence-corrected chi connectivity index (χ4v) is 4.65. The molecule has 4 rings (SSSR count). The molecule has 0 spiro atoms. The van der Waals surface area contributed by atoms with Gasteiger partial charge in [0, 0.05) is 66.1 Å². The summed E-state index contributed by atoms with van der Waals surface area (Å²) in [6.07, 6.45) is 4.31. The third-order valence-corrected chi connectivity index (χ3v) is 6.28. The molecule has 36 heavy (non-hydrogen) atoms. The van der Waals surface area contributed by atoms with Crippen LogP contribution in [0.25, 0.3) is 16.2 Å².